The minimum atomic E-state index is -1.19. The Labute approximate surface area is 237 Å². The number of carbonyl (C=O) groups is 6. The third-order valence-corrected chi connectivity index (χ3v) is 7.02. The molecule has 0 aliphatic carbocycles. The van der Waals surface area contributed by atoms with E-state index < -0.39 is 72.3 Å². The zero-order chi connectivity index (χ0) is 31.3. The van der Waals surface area contributed by atoms with E-state index in [1.54, 1.807) is 34.6 Å². The van der Waals surface area contributed by atoms with Gasteiger partial charge in [0.15, 0.2) is 0 Å². The number of rotatable bonds is 17. The molecule has 230 valence electrons. The summed E-state index contributed by atoms with van der Waals surface area (Å²) < 4.78 is 0. The van der Waals surface area contributed by atoms with Crippen molar-refractivity contribution in [3.05, 3.63) is 0 Å². The van der Waals surface area contributed by atoms with Gasteiger partial charge in [-0.15, -0.1) is 0 Å². The average Bonchev–Trinajstić information content (AvgIpc) is 2.89. The molecule has 0 saturated carbocycles. The highest BCUT2D eigenvalue weighted by Gasteiger charge is 2.32. The summed E-state index contributed by atoms with van der Waals surface area (Å²) in [5.41, 5.74) is 5.99. The summed E-state index contributed by atoms with van der Waals surface area (Å²) in [5.74, 6) is -5.19. The van der Waals surface area contributed by atoms with E-state index in [0.29, 0.717) is 12.8 Å². The molecule has 0 radical (unpaired) electrons. The lowest BCUT2D eigenvalue weighted by atomic mass is 9.95. The maximum atomic E-state index is 12.8. The molecule has 0 heterocycles. The van der Waals surface area contributed by atoms with Gasteiger partial charge >= 0.3 is 5.97 Å². The smallest absolute Gasteiger partial charge is 0.326 e. The number of hydrogen-bond donors (Lipinski definition) is 7. The quantitative estimate of drug-likeness (QED) is 0.125. The summed E-state index contributed by atoms with van der Waals surface area (Å²) in [4.78, 5) is 74.7. The summed E-state index contributed by atoms with van der Waals surface area (Å²) in [6.45, 7) is 15.1. The Hall–Kier alpha value is -3.22. The van der Waals surface area contributed by atoms with Gasteiger partial charge in [0.25, 0.3) is 0 Å². The molecular weight excluding hydrogens is 520 g/mol. The van der Waals surface area contributed by atoms with Crippen molar-refractivity contribution in [2.45, 2.75) is 105 Å². The van der Waals surface area contributed by atoms with Crippen LogP contribution in [0.4, 0.5) is 0 Å². The third-order valence-electron chi connectivity index (χ3n) is 7.02. The van der Waals surface area contributed by atoms with Gasteiger partial charge in [-0.1, -0.05) is 68.2 Å². The highest BCUT2D eigenvalue weighted by atomic mass is 16.4. The second-order valence-corrected chi connectivity index (χ2v) is 11.1. The molecule has 5 amide bonds. The Kier molecular flexibility index (Phi) is 16.1. The molecule has 0 unspecified atom stereocenters. The first-order valence-electron chi connectivity index (χ1n) is 13.9. The van der Waals surface area contributed by atoms with Crippen LogP contribution in [0.2, 0.25) is 0 Å². The second-order valence-electron chi connectivity index (χ2n) is 11.1. The van der Waals surface area contributed by atoms with E-state index in [9.17, 15) is 33.9 Å². The van der Waals surface area contributed by atoms with Gasteiger partial charge in [0.1, 0.15) is 24.2 Å². The average molecular weight is 571 g/mol. The molecule has 0 spiro atoms. The van der Waals surface area contributed by atoms with E-state index in [0.717, 1.165) is 0 Å². The first-order valence-corrected chi connectivity index (χ1v) is 13.9. The largest absolute Gasteiger partial charge is 0.480 e. The lowest BCUT2D eigenvalue weighted by Gasteiger charge is -2.27. The summed E-state index contributed by atoms with van der Waals surface area (Å²) in [7, 11) is 0. The highest BCUT2D eigenvalue weighted by Crippen LogP contribution is 2.11. The van der Waals surface area contributed by atoms with Gasteiger partial charge in [-0.25, -0.2) is 4.79 Å². The number of carboxylic acids is 1. The third kappa shape index (κ3) is 11.9. The zero-order valence-electron chi connectivity index (χ0n) is 25.3. The molecular formula is C27H50N6O7. The Morgan fingerprint density at radius 2 is 1.10 bits per heavy atom. The molecule has 13 nitrogen and oxygen atoms in total. The molecule has 0 aliphatic rings. The van der Waals surface area contributed by atoms with E-state index in [1.165, 1.54) is 6.92 Å². The fourth-order valence-electron chi connectivity index (χ4n) is 3.67. The van der Waals surface area contributed by atoms with Crippen LogP contribution in [-0.4, -0.2) is 77.4 Å². The fraction of sp³-hybridized carbons (Fsp3) is 0.778. The molecule has 8 N–H and O–H groups in total. The minimum Gasteiger partial charge on any atom is -0.480 e. The van der Waals surface area contributed by atoms with E-state index in [1.807, 2.05) is 20.8 Å². The maximum absolute atomic E-state index is 12.8. The van der Waals surface area contributed by atoms with Crippen LogP contribution in [0.1, 0.15) is 75.2 Å². The molecule has 13 heteroatoms. The van der Waals surface area contributed by atoms with Gasteiger partial charge in [0.05, 0.1) is 12.6 Å². The fourth-order valence-corrected chi connectivity index (χ4v) is 3.67. The van der Waals surface area contributed by atoms with E-state index in [2.05, 4.69) is 26.6 Å². The monoisotopic (exact) mass is 570 g/mol. The van der Waals surface area contributed by atoms with E-state index in [4.69, 9.17) is 5.73 Å². The second kappa shape index (κ2) is 17.5. The Balaban J connectivity index is 5.15. The van der Waals surface area contributed by atoms with Crippen LogP contribution in [0, 0.1) is 23.7 Å². The van der Waals surface area contributed by atoms with Crippen LogP contribution in [0.3, 0.4) is 0 Å². The van der Waals surface area contributed by atoms with Crippen LogP contribution >= 0.6 is 0 Å². The van der Waals surface area contributed by atoms with Crippen molar-refractivity contribution in [3.8, 4) is 0 Å². The zero-order valence-corrected chi connectivity index (χ0v) is 25.3. The molecule has 0 aliphatic heterocycles. The van der Waals surface area contributed by atoms with Crippen LogP contribution in [0.25, 0.3) is 0 Å². The number of amides is 5. The van der Waals surface area contributed by atoms with Crippen LogP contribution in [-0.2, 0) is 28.8 Å². The number of nitrogens with two attached hydrogens (primary N) is 1. The Morgan fingerprint density at radius 1 is 0.625 bits per heavy atom. The van der Waals surface area contributed by atoms with Gasteiger partial charge in [-0.2, -0.15) is 0 Å². The van der Waals surface area contributed by atoms with E-state index >= 15 is 0 Å². The molecule has 0 aromatic heterocycles. The van der Waals surface area contributed by atoms with Gasteiger partial charge in [-0.05, 0) is 30.6 Å². The van der Waals surface area contributed by atoms with Gasteiger partial charge < -0.3 is 37.4 Å². The predicted octanol–water partition coefficient (Wildman–Crippen LogP) is -0.122. The standard InChI is InChI=1S/C27H50N6O7/c1-10-15(7)19(28)24(36)33-22(16(8)11-2)25(37)29-12-18(34)30-17(9)23(35)31-20(13(3)4)26(38)32-21(14(5)6)27(39)40/h13-17,19-22H,10-12,28H2,1-9H3,(H,29,37)(H,30,34)(H,31,35)(H,32,38)(H,33,36)(H,39,40)/t15-,16-,17-,19-,20-,21-,22-/m0/s1. The van der Waals surface area contributed by atoms with Crippen molar-refractivity contribution in [3.63, 3.8) is 0 Å². The first-order chi connectivity index (χ1) is 18.5. The van der Waals surface area contributed by atoms with Crippen LogP contribution < -0.4 is 32.3 Å². The molecule has 0 saturated heterocycles. The van der Waals surface area contributed by atoms with Gasteiger partial charge in [0.2, 0.25) is 29.5 Å². The minimum absolute atomic E-state index is 0.0748. The highest BCUT2D eigenvalue weighted by molar-refractivity contribution is 5.95. The molecule has 7 atom stereocenters. The summed E-state index contributed by atoms with van der Waals surface area (Å²) in [6, 6.07) is -4.89. The molecule has 0 aromatic carbocycles. The molecule has 0 rings (SSSR count). The van der Waals surface area contributed by atoms with Gasteiger partial charge in [-0.3, -0.25) is 24.0 Å². The lowest BCUT2D eigenvalue weighted by Crippen LogP contribution is -2.58. The first kappa shape index (κ1) is 36.8. The van der Waals surface area contributed by atoms with Crippen molar-refractivity contribution in [2.75, 3.05) is 6.54 Å². The molecule has 0 bridgehead atoms. The summed E-state index contributed by atoms with van der Waals surface area (Å²) >= 11 is 0. The topological polar surface area (TPSA) is 209 Å². The van der Waals surface area contributed by atoms with Crippen LogP contribution in [0.5, 0.6) is 0 Å². The lowest BCUT2D eigenvalue weighted by molar-refractivity contribution is -0.143. The van der Waals surface area contributed by atoms with Crippen molar-refractivity contribution >= 4 is 35.5 Å². The Morgan fingerprint density at radius 3 is 1.55 bits per heavy atom. The normalized spacial score (nSPS) is 16.5. The summed E-state index contributed by atoms with van der Waals surface area (Å²) in [5, 5.41) is 22.0. The van der Waals surface area contributed by atoms with E-state index in [-0.39, 0.29) is 23.7 Å². The van der Waals surface area contributed by atoms with Crippen molar-refractivity contribution in [1.82, 2.24) is 26.6 Å². The van der Waals surface area contributed by atoms with Gasteiger partial charge in [0, 0.05) is 0 Å². The SMILES string of the molecule is CC[C@H](C)[C@H](N)C(=O)N[C@H](C(=O)NCC(=O)N[C@@H](C)C(=O)N[C@H](C(=O)N[C@H](C(=O)O)C(C)C)C(C)C)[C@@H](C)CC. The molecule has 0 aromatic rings. The number of hydrogen-bond acceptors (Lipinski definition) is 7. The predicted molar refractivity (Wildman–Crippen MR) is 151 cm³/mol. The molecule has 40 heavy (non-hydrogen) atoms. The molecule has 0 fully saturated rings. The number of nitrogens with one attached hydrogen (secondary N) is 5. The summed E-state index contributed by atoms with van der Waals surface area (Å²) in [6.07, 6.45) is 1.29. The number of carboxylic acid groups (broad SMARTS) is 1. The van der Waals surface area contributed by atoms with Crippen molar-refractivity contribution in [1.29, 1.82) is 0 Å². The van der Waals surface area contributed by atoms with Crippen molar-refractivity contribution < 1.29 is 33.9 Å². The van der Waals surface area contributed by atoms with Crippen LogP contribution in [0.15, 0.2) is 0 Å². The Bertz CT molecular complexity index is 895. The van der Waals surface area contributed by atoms with Crippen molar-refractivity contribution in [2.24, 2.45) is 29.4 Å². The number of carbonyl (C=O) groups excluding carboxylic acids is 5. The number of aliphatic carboxylic acids is 1. The maximum Gasteiger partial charge on any atom is 0.326 e.